The van der Waals surface area contributed by atoms with Gasteiger partial charge >= 0.3 is 0 Å². The van der Waals surface area contributed by atoms with Gasteiger partial charge in [0.1, 0.15) is 10.6 Å². The fourth-order valence-electron chi connectivity index (χ4n) is 1.39. The van der Waals surface area contributed by atoms with Crippen LogP contribution in [0.4, 0.5) is 0 Å². The molecule has 16 heavy (non-hydrogen) atoms. The summed E-state index contributed by atoms with van der Waals surface area (Å²) in [5.41, 5.74) is 0.900. The topological polar surface area (TPSA) is 64.8 Å². The minimum Gasteiger partial charge on any atom is -0.265 e. The highest BCUT2D eigenvalue weighted by molar-refractivity contribution is 8.13. The lowest BCUT2D eigenvalue weighted by Gasteiger charge is -2.02. The molecule has 0 spiro atoms. The monoisotopic (exact) mass is 257 g/mol. The molecule has 5 nitrogen and oxygen atoms in total. The molecule has 0 aliphatic rings. The fraction of sp³-hybridized carbons (Fsp3) is 0.111. The van der Waals surface area contributed by atoms with E-state index in [1.54, 1.807) is 31.4 Å². The highest BCUT2D eigenvalue weighted by Gasteiger charge is 2.21. The van der Waals surface area contributed by atoms with Crippen LogP contribution in [0.25, 0.3) is 11.4 Å². The molecule has 2 aromatic rings. The van der Waals surface area contributed by atoms with Crippen LogP contribution in [0, 0.1) is 0 Å². The molecule has 0 saturated heterocycles. The standard InChI is InChI=1S/C9H8ClN3O2S/c1-13-9(7-4-2-3-5-11-7)8(6-12-13)16(10,14)15/h2-6H,1H3. The van der Waals surface area contributed by atoms with E-state index in [1.165, 1.54) is 10.9 Å². The van der Waals surface area contributed by atoms with Crippen molar-refractivity contribution in [1.82, 2.24) is 14.8 Å². The van der Waals surface area contributed by atoms with E-state index >= 15 is 0 Å². The lowest BCUT2D eigenvalue weighted by molar-refractivity contribution is 0.609. The zero-order valence-corrected chi connectivity index (χ0v) is 9.90. The first-order valence-corrected chi connectivity index (χ1v) is 6.69. The molecule has 2 heterocycles. The predicted octanol–water partition coefficient (Wildman–Crippen LogP) is 1.41. The number of halogens is 1. The molecule has 0 aliphatic heterocycles. The molecule has 0 amide bonds. The molecule has 0 aromatic carbocycles. The van der Waals surface area contributed by atoms with E-state index < -0.39 is 9.05 Å². The molecule has 0 atom stereocenters. The Balaban J connectivity index is 2.71. The molecule has 0 fully saturated rings. The minimum absolute atomic E-state index is 0.0321. The number of hydrogen-bond donors (Lipinski definition) is 0. The minimum atomic E-state index is -3.81. The van der Waals surface area contributed by atoms with Gasteiger partial charge in [-0.3, -0.25) is 9.67 Å². The quantitative estimate of drug-likeness (QED) is 0.763. The van der Waals surface area contributed by atoms with Gasteiger partial charge in [-0.25, -0.2) is 8.42 Å². The summed E-state index contributed by atoms with van der Waals surface area (Å²) in [7, 11) is 3.14. The second-order valence-electron chi connectivity index (χ2n) is 3.13. The molecule has 0 N–H and O–H groups in total. The molecule has 84 valence electrons. The van der Waals surface area contributed by atoms with Gasteiger partial charge < -0.3 is 0 Å². The van der Waals surface area contributed by atoms with E-state index in [0.29, 0.717) is 11.4 Å². The smallest absolute Gasteiger partial charge is 0.265 e. The second-order valence-corrected chi connectivity index (χ2v) is 5.67. The number of nitrogens with zero attached hydrogens (tertiary/aromatic N) is 3. The number of hydrogen-bond acceptors (Lipinski definition) is 4. The summed E-state index contributed by atoms with van der Waals surface area (Å²) in [5.74, 6) is 0. The molecular formula is C9H8ClN3O2S. The number of aryl methyl sites for hydroxylation is 1. The van der Waals surface area contributed by atoms with E-state index in [0.717, 1.165) is 0 Å². The largest absolute Gasteiger partial charge is 0.265 e. The molecule has 0 saturated carbocycles. The van der Waals surface area contributed by atoms with Crippen LogP contribution in [0.5, 0.6) is 0 Å². The van der Waals surface area contributed by atoms with Crippen LogP contribution in [0.1, 0.15) is 0 Å². The van der Waals surface area contributed by atoms with Crippen LogP contribution in [0.3, 0.4) is 0 Å². The Kier molecular flexibility index (Phi) is 2.69. The molecule has 2 aromatic heterocycles. The van der Waals surface area contributed by atoms with Crippen molar-refractivity contribution < 1.29 is 8.42 Å². The van der Waals surface area contributed by atoms with Gasteiger partial charge in [0.15, 0.2) is 0 Å². The average Bonchev–Trinajstić information content (AvgIpc) is 2.61. The normalized spacial score (nSPS) is 11.6. The molecule has 0 aliphatic carbocycles. The van der Waals surface area contributed by atoms with Gasteiger partial charge in [0, 0.05) is 23.9 Å². The molecule has 0 radical (unpaired) electrons. The maximum absolute atomic E-state index is 11.3. The Hall–Kier alpha value is -1.40. The Bertz CT molecular complexity index is 607. The Morgan fingerprint density at radius 2 is 2.12 bits per heavy atom. The first-order chi connectivity index (χ1) is 7.50. The third-order valence-electron chi connectivity index (χ3n) is 2.08. The average molecular weight is 258 g/mol. The SMILES string of the molecule is Cn1ncc(S(=O)(=O)Cl)c1-c1ccccn1. The van der Waals surface area contributed by atoms with E-state index in [9.17, 15) is 8.42 Å². The summed E-state index contributed by atoms with van der Waals surface area (Å²) in [4.78, 5) is 4.04. The molecule has 0 bridgehead atoms. The van der Waals surface area contributed by atoms with E-state index in [-0.39, 0.29) is 4.90 Å². The van der Waals surface area contributed by atoms with Crippen LogP contribution in [-0.2, 0) is 16.1 Å². The maximum Gasteiger partial charge on any atom is 0.265 e. The van der Waals surface area contributed by atoms with Gasteiger partial charge in [-0.2, -0.15) is 5.10 Å². The van der Waals surface area contributed by atoms with Gasteiger partial charge in [0.05, 0.1) is 11.9 Å². The fourth-order valence-corrected chi connectivity index (χ4v) is 2.37. The van der Waals surface area contributed by atoms with Crippen molar-refractivity contribution in [2.45, 2.75) is 4.90 Å². The summed E-state index contributed by atoms with van der Waals surface area (Å²) in [6.45, 7) is 0. The third kappa shape index (κ3) is 1.94. The van der Waals surface area contributed by atoms with Crippen LogP contribution in [-0.4, -0.2) is 23.2 Å². The number of aromatic nitrogens is 3. The maximum atomic E-state index is 11.3. The molecule has 7 heteroatoms. The van der Waals surface area contributed by atoms with Gasteiger partial charge in [0.25, 0.3) is 9.05 Å². The summed E-state index contributed by atoms with van der Waals surface area (Å²) >= 11 is 0. The van der Waals surface area contributed by atoms with E-state index in [4.69, 9.17) is 10.7 Å². The van der Waals surface area contributed by atoms with Crippen molar-refractivity contribution in [3.05, 3.63) is 30.6 Å². The zero-order chi connectivity index (χ0) is 11.8. The Morgan fingerprint density at radius 1 is 1.38 bits per heavy atom. The van der Waals surface area contributed by atoms with Crippen LogP contribution in [0.2, 0.25) is 0 Å². The van der Waals surface area contributed by atoms with Crippen molar-refractivity contribution in [3.8, 4) is 11.4 Å². The second kappa shape index (κ2) is 3.88. The van der Waals surface area contributed by atoms with Crippen molar-refractivity contribution in [3.63, 3.8) is 0 Å². The van der Waals surface area contributed by atoms with Crippen molar-refractivity contribution in [1.29, 1.82) is 0 Å². The molecule has 0 unspecified atom stereocenters. The van der Waals surface area contributed by atoms with Crippen LogP contribution < -0.4 is 0 Å². The van der Waals surface area contributed by atoms with Gasteiger partial charge in [0.2, 0.25) is 0 Å². The zero-order valence-electron chi connectivity index (χ0n) is 8.33. The first-order valence-electron chi connectivity index (χ1n) is 4.38. The van der Waals surface area contributed by atoms with Crippen molar-refractivity contribution in [2.24, 2.45) is 7.05 Å². The van der Waals surface area contributed by atoms with Gasteiger partial charge in [-0.1, -0.05) is 6.07 Å². The lowest BCUT2D eigenvalue weighted by Crippen LogP contribution is -1.99. The van der Waals surface area contributed by atoms with Crippen molar-refractivity contribution >= 4 is 19.7 Å². The Morgan fingerprint density at radius 3 is 2.69 bits per heavy atom. The summed E-state index contributed by atoms with van der Waals surface area (Å²) in [6, 6.07) is 5.21. The van der Waals surface area contributed by atoms with Crippen LogP contribution in [0.15, 0.2) is 35.5 Å². The van der Waals surface area contributed by atoms with Crippen LogP contribution >= 0.6 is 10.7 Å². The van der Waals surface area contributed by atoms with E-state index in [1.807, 2.05) is 0 Å². The van der Waals surface area contributed by atoms with Gasteiger partial charge in [-0.15, -0.1) is 0 Å². The third-order valence-corrected chi connectivity index (χ3v) is 3.40. The summed E-state index contributed by atoms with van der Waals surface area (Å²) < 4.78 is 24.1. The number of pyridine rings is 1. The highest BCUT2D eigenvalue weighted by Crippen LogP contribution is 2.27. The number of rotatable bonds is 2. The van der Waals surface area contributed by atoms with E-state index in [2.05, 4.69) is 10.1 Å². The Labute approximate surface area is 97.1 Å². The molecular weight excluding hydrogens is 250 g/mol. The highest BCUT2D eigenvalue weighted by atomic mass is 35.7. The van der Waals surface area contributed by atoms with Crippen molar-refractivity contribution in [2.75, 3.05) is 0 Å². The predicted molar refractivity (Wildman–Crippen MR) is 59.5 cm³/mol. The first kappa shape index (κ1) is 11.1. The van der Waals surface area contributed by atoms with Gasteiger partial charge in [-0.05, 0) is 12.1 Å². The molecule has 2 rings (SSSR count). The summed E-state index contributed by atoms with van der Waals surface area (Å²) in [5, 5.41) is 3.87. The summed E-state index contributed by atoms with van der Waals surface area (Å²) in [6.07, 6.45) is 2.79. The lowest BCUT2D eigenvalue weighted by atomic mass is 10.3.